The van der Waals surface area contributed by atoms with Crippen molar-refractivity contribution >= 4 is 17.4 Å². The topological polar surface area (TPSA) is 17.1 Å². The molecule has 0 radical (unpaired) electrons. The molecule has 0 aliphatic heterocycles. The van der Waals surface area contributed by atoms with Crippen LogP contribution in [0.4, 0.5) is 8.78 Å². The molecule has 0 atom stereocenters. The van der Waals surface area contributed by atoms with Crippen LogP contribution >= 0.6 is 11.6 Å². The number of rotatable bonds is 4. The van der Waals surface area contributed by atoms with Crippen molar-refractivity contribution in [1.82, 2.24) is 0 Å². The Morgan fingerprint density at radius 1 is 0.720 bits per heavy atom. The third-order valence-electron chi connectivity index (χ3n) is 4.36. The molecule has 0 unspecified atom stereocenters. The van der Waals surface area contributed by atoms with E-state index in [2.05, 4.69) is 0 Å². The van der Waals surface area contributed by atoms with Crippen LogP contribution in [-0.2, 0) is 10.2 Å². The van der Waals surface area contributed by atoms with Crippen LogP contribution in [0.25, 0.3) is 0 Å². The minimum atomic E-state index is -1.17. The van der Waals surface area contributed by atoms with Crippen molar-refractivity contribution in [2.75, 3.05) is 0 Å². The number of hydrogen-bond donors (Lipinski definition) is 0. The van der Waals surface area contributed by atoms with Gasteiger partial charge in [-0.1, -0.05) is 48.0 Å². The molecule has 0 saturated heterocycles. The molecule has 25 heavy (non-hydrogen) atoms. The number of halogens is 3. The number of ketones is 1. The van der Waals surface area contributed by atoms with Gasteiger partial charge in [-0.25, -0.2) is 8.78 Å². The summed E-state index contributed by atoms with van der Waals surface area (Å²) in [6, 6.07) is 18.5. The molecule has 0 aliphatic carbocycles. The zero-order valence-electron chi connectivity index (χ0n) is 13.5. The minimum Gasteiger partial charge on any atom is -0.298 e. The fourth-order valence-corrected chi connectivity index (χ4v) is 3.34. The van der Waals surface area contributed by atoms with E-state index in [1.54, 1.807) is 48.5 Å². The second kappa shape index (κ2) is 6.77. The van der Waals surface area contributed by atoms with Crippen molar-refractivity contribution in [3.05, 3.63) is 106 Å². The van der Waals surface area contributed by atoms with Gasteiger partial charge in [-0.15, -0.1) is 0 Å². The van der Waals surface area contributed by atoms with Crippen LogP contribution in [-0.4, -0.2) is 5.78 Å². The monoisotopic (exact) mass is 356 g/mol. The van der Waals surface area contributed by atoms with Crippen LogP contribution < -0.4 is 0 Å². The van der Waals surface area contributed by atoms with Gasteiger partial charge in [-0.05, 0) is 60.0 Å². The van der Waals surface area contributed by atoms with Crippen molar-refractivity contribution in [3.63, 3.8) is 0 Å². The summed E-state index contributed by atoms with van der Waals surface area (Å²) in [6.07, 6.45) is 0. The molecule has 0 heterocycles. The highest BCUT2D eigenvalue weighted by Crippen LogP contribution is 2.40. The molecule has 0 bridgehead atoms. The highest BCUT2D eigenvalue weighted by Gasteiger charge is 2.41. The van der Waals surface area contributed by atoms with Gasteiger partial charge in [0.1, 0.15) is 22.8 Å². The molecule has 3 aromatic carbocycles. The number of carbonyl (C=O) groups is 1. The average molecular weight is 357 g/mol. The number of carbonyl (C=O) groups excluding carboxylic acids is 1. The maximum Gasteiger partial charge on any atom is 0.149 e. The molecular weight excluding hydrogens is 342 g/mol. The van der Waals surface area contributed by atoms with Crippen molar-refractivity contribution < 1.29 is 13.6 Å². The summed E-state index contributed by atoms with van der Waals surface area (Å²) < 4.78 is 26.9. The largest absolute Gasteiger partial charge is 0.298 e. The van der Waals surface area contributed by atoms with Gasteiger partial charge in [0.2, 0.25) is 0 Å². The van der Waals surface area contributed by atoms with E-state index in [4.69, 9.17) is 11.6 Å². The van der Waals surface area contributed by atoms with E-state index in [9.17, 15) is 13.6 Å². The SMILES string of the molecule is CC(=O)C(c1ccc(F)cc1)(c1ccc(F)cc1)c1ccc(Cl)cc1. The maximum absolute atomic E-state index is 13.4. The lowest BCUT2D eigenvalue weighted by Gasteiger charge is -2.33. The molecule has 3 aromatic rings. The average Bonchev–Trinajstić information content (AvgIpc) is 2.60. The van der Waals surface area contributed by atoms with E-state index >= 15 is 0 Å². The number of hydrogen-bond acceptors (Lipinski definition) is 1. The lowest BCUT2D eigenvalue weighted by atomic mass is 9.67. The van der Waals surface area contributed by atoms with E-state index in [0.717, 1.165) is 0 Å². The van der Waals surface area contributed by atoms with E-state index < -0.39 is 17.0 Å². The Hall–Kier alpha value is -2.52. The normalized spacial score (nSPS) is 11.4. The zero-order chi connectivity index (χ0) is 18.0. The molecular formula is C21H15ClF2O. The lowest BCUT2D eigenvalue weighted by Crippen LogP contribution is -2.37. The summed E-state index contributed by atoms with van der Waals surface area (Å²) in [5.41, 5.74) is 0.722. The highest BCUT2D eigenvalue weighted by molar-refractivity contribution is 6.30. The summed E-state index contributed by atoms with van der Waals surface area (Å²) in [7, 11) is 0. The minimum absolute atomic E-state index is 0.159. The second-order valence-corrected chi connectivity index (χ2v) is 6.26. The predicted molar refractivity (Wildman–Crippen MR) is 94.8 cm³/mol. The van der Waals surface area contributed by atoms with Gasteiger partial charge in [0.25, 0.3) is 0 Å². The summed E-state index contributed by atoms with van der Waals surface area (Å²) in [5.74, 6) is -0.944. The van der Waals surface area contributed by atoms with Crippen molar-refractivity contribution in [2.24, 2.45) is 0 Å². The Kier molecular flexibility index (Phi) is 4.69. The van der Waals surface area contributed by atoms with Crippen molar-refractivity contribution in [2.45, 2.75) is 12.3 Å². The highest BCUT2D eigenvalue weighted by atomic mass is 35.5. The van der Waals surface area contributed by atoms with Crippen molar-refractivity contribution in [1.29, 1.82) is 0 Å². The fraction of sp³-hybridized carbons (Fsp3) is 0.0952. The molecule has 0 aromatic heterocycles. The smallest absolute Gasteiger partial charge is 0.149 e. The molecule has 0 N–H and O–H groups in total. The van der Waals surface area contributed by atoms with Crippen LogP contribution in [0.5, 0.6) is 0 Å². The van der Waals surface area contributed by atoms with Gasteiger partial charge in [0.05, 0.1) is 0 Å². The van der Waals surface area contributed by atoms with Crippen LogP contribution in [0, 0.1) is 11.6 Å². The first-order chi connectivity index (χ1) is 11.9. The molecule has 0 fully saturated rings. The molecule has 0 spiro atoms. The molecule has 3 rings (SSSR count). The van der Waals surface area contributed by atoms with E-state index in [0.29, 0.717) is 21.7 Å². The van der Waals surface area contributed by atoms with Crippen molar-refractivity contribution in [3.8, 4) is 0 Å². The lowest BCUT2D eigenvalue weighted by molar-refractivity contribution is -0.119. The van der Waals surface area contributed by atoms with Gasteiger partial charge < -0.3 is 0 Å². The maximum atomic E-state index is 13.4. The van der Waals surface area contributed by atoms with Crippen LogP contribution in [0.3, 0.4) is 0 Å². The summed E-state index contributed by atoms with van der Waals surface area (Å²) in [4.78, 5) is 12.9. The van der Waals surface area contributed by atoms with E-state index in [1.165, 1.54) is 31.2 Å². The van der Waals surface area contributed by atoms with Crippen LogP contribution in [0.1, 0.15) is 23.6 Å². The third kappa shape index (κ3) is 3.08. The fourth-order valence-electron chi connectivity index (χ4n) is 3.21. The van der Waals surface area contributed by atoms with Gasteiger partial charge in [-0.2, -0.15) is 0 Å². The summed E-state index contributed by atoms with van der Waals surface area (Å²) >= 11 is 5.99. The first-order valence-corrected chi connectivity index (χ1v) is 8.11. The predicted octanol–water partition coefficient (Wildman–Crippen LogP) is 5.54. The molecule has 126 valence electrons. The molecule has 0 aliphatic rings. The molecule has 4 heteroatoms. The van der Waals surface area contributed by atoms with Gasteiger partial charge in [-0.3, -0.25) is 4.79 Å². The number of Topliss-reactive ketones (excluding diaryl/α,β-unsaturated/α-hetero) is 1. The van der Waals surface area contributed by atoms with Crippen LogP contribution in [0.2, 0.25) is 5.02 Å². The summed E-state index contributed by atoms with van der Waals surface area (Å²) in [6.45, 7) is 1.47. The second-order valence-electron chi connectivity index (χ2n) is 5.83. The molecule has 0 amide bonds. The number of benzene rings is 3. The standard InChI is InChI=1S/C21H15ClF2O/c1-14(25)21(15-2-8-18(22)9-3-15,16-4-10-19(23)11-5-16)17-6-12-20(24)13-7-17/h2-13H,1H3. The molecule has 0 saturated carbocycles. The third-order valence-corrected chi connectivity index (χ3v) is 4.61. The van der Waals surface area contributed by atoms with Gasteiger partial charge >= 0.3 is 0 Å². The quantitative estimate of drug-likeness (QED) is 0.561. The Morgan fingerprint density at radius 2 is 1.04 bits per heavy atom. The Bertz CT molecular complexity index is 774. The Morgan fingerprint density at radius 3 is 1.36 bits per heavy atom. The Balaban J connectivity index is 2.35. The zero-order valence-corrected chi connectivity index (χ0v) is 14.2. The first kappa shape index (κ1) is 17.3. The van der Waals surface area contributed by atoms with E-state index in [-0.39, 0.29) is 5.78 Å². The molecule has 1 nitrogen and oxygen atoms in total. The van der Waals surface area contributed by atoms with Crippen LogP contribution in [0.15, 0.2) is 72.8 Å². The van der Waals surface area contributed by atoms with E-state index in [1.807, 2.05) is 0 Å². The Labute approximate surface area is 149 Å². The van der Waals surface area contributed by atoms with Gasteiger partial charge in [0, 0.05) is 5.02 Å². The van der Waals surface area contributed by atoms with Gasteiger partial charge in [0.15, 0.2) is 0 Å². The first-order valence-electron chi connectivity index (χ1n) is 7.74. The summed E-state index contributed by atoms with van der Waals surface area (Å²) in [5, 5.41) is 0.541.